The summed E-state index contributed by atoms with van der Waals surface area (Å²) in [5.74, 6) is -0.836. The molecule has 116 valence electrons. The van der Waals surface area contributed by atoms with Gasteiger partial charge in [0.2, 0.25) is 5.91 Å². The van der Waals surface area contributed by atoms with E-state index in [2.05, 4.69) is 17.6 Å². The lowest BCUT2D eigenvalue weighted by molar-refractivity contribution is -0.137. The van der Waals surface area contributed by atoms with Crippen LogP contribution in [0, 0.1) is 5.92 Å². The molecule has 0 saturated carbocycles. The predicted octanol–water partition coefficient (Wildman–Crippen LogP) is 0.762. The van der Waals surface area contributed by atoms with Crippen molar-refractivity contribution in [2.24, 2.45) is 5.92 Å². The smallest absolute Gasteiger partial charge is 0.303 e. The van der Waals surface area contributed by atoms with Crippen LogP contribution in [0.2, 0.25) is 0 Å². The van der Waals surface area contributed by atoms with Crippen molar-refractivity contribution in [3.63, 3.8) is 0 Å². The van der Waals surface area contributed by atoms with Gasteiger partial charge in [0.25, 0.3) is 0 Å². The second kappa shape index (κ2) is 9.72. The van der Waals surface area contributed by atoms with E-state index in [9.17, 15) is 9.59 Å². The average molecular weight is 286 g/mol. The van der Waals surface area contributed by atoms with Gasteiger partial charge in [-0.1, -0.05) is 13.3 Å². The van der Waals surface area contributed by atoms with Gasteiger partial charge >= 0.3 is 5.97 Å². The van der Waals surface area contributed by atoms with Gasteiger partial charge in [-0.2, -0.15) is 0 Å². The van der Waals surface area contributed by atoms with Gasteiger partial charge in [0.1, 0.15) is 0 Å². The summed E-state index contributed by atoms with van der Waals surface area (Å²) >= 11 is 0. The quantitative estimate of drug-likeness (QED) is 0.516. The zero-order valence-electron chi connectivity index (χ0n) is 12.2. The number of amides is 1. The minimum Gasteiger partial charge on any atom is -0.481 e. The Morgan fingerprint density at radius 2 is 2.00 bits per heavy atom. The Labute approximate surface area is 120 Å². The summed E-state index contributed by atoms with van der Waals surface area (Å²) in [5, 5.41) is 14.8. The van der Waals surface area contributed by atoms with Gasteiger partial charge in [-0.15, -0.1) is 0 Å². The number of hydrogen-bond acceptors (Lipinski definition) is 4. The summed E-state index contributed by atoms with van der Waals surface area (Å²) in [4.78, 5) is 22.4. The highest BCUT2D eigenvalue weighted by Crippen LogP contribution is 2.14. The fraction of sp³-hybridized carbons (Fsp3) is 0.857. The number of ether oxygens (including phenoxy) is 1. The molecule has 1 aliphatic rings. The molecule has 0 bridgehead atoms. The van der Waals surface area contributed by atoms with Gasteiger partial charge in [-0.3, -0.25) is 9.59 Å². The SMILES string of the molecule is CCCNC1COCC1C(=O)NCCCCCC(=O)O. The average Bonchev–Trinajstić information content (AvgIpc) is 2.88. The van der Waals surface area contributed by atoms with Gasteiger partial charge < -0.3 is 20.5 Å². The molecule has 1 heterocycles. The van der Waals surface area contributed by atoms with Gasteiger partial charge in [0, 0.05) is 19.0 Å². The molecule has 0 radical (unpaired) electrons. The lowest BCUT2D eigenvalue weighted by Gasteiger charge is -2.18. The van der Waals surface area contributed by atoms with E-state index in [1.165, 1.54) is 0 Å². The number of nitrogens with one attached hydrogen (secondary N) is 2. The van der Waals surface area contributed by atoms with Crippen molar-refractivity contribution in [1.82, 2.24) is 10.6 Å². The first-order valence-corrected chi connectivity index (χ1v) is 7.45. The number of unbranched alkanes of at least 4 members (excludes halogenated alkanes) is 2. The summed E-state index contributed by atoms with van der Waals surface area (Å²) in [6, 6.07) is 0.113. The summed E-state index contributed by atoms with van der Waals surface area (Å²) in [7, 11) is 0. The lowest BCUT2D eigenvalue weighted by Crippen LogP contribution is -2.44. The van der Waals surface area contributed by atoms with E-state index in [4.69, 9.17) is 9.84 Å². The second-order valence-corrected chi connectivity index (χ2v) is 5.20. The van der Waals surface area contributed by atoms with Gasteiger partial charge in [-0.25, -0.2) is 0 Å². The van der Waals surface area contributed by atoms with Crippen LogP contribution in [0.15, 0.2) is 0 Å². The van der Waals surface area contributed by atoms with E-state index in [0.29, 0.717) is 26.2 Å². The molecule has 1 saturated heterocycles. The Kier molecular flexibility index (Phi) is 8.22. The normalized spacial score (nSPS) is 21.9. The maximum absolute atomic E-state index is 12.0. The van der Waals surface area contributed by atoms with Crippen LogP contribution in [0.1, 0.15) is 39.0 Å². The van der Waals surface area contributed by atoms with Crippen molar-refractivity contribution < 1.29 is 19.4 Å². The largest absolute Gasteiger partial charge is 0.481 e. The van der Waals surface area contributed by atoms with E-state index in [1.807, 2.05) is 0 Å². The van der Waals surface area contributed by atoms with Crippen LogP contribution >= 0.6 is 0 Å². The van der Waals surface area contributed by atoms with Crippen molar-refractivity contribution in [3.05, 3.63) is 0 Å². The Balaban J connectivity index is 2.13. The van der Waals surface area contributed by atoms with E-state index in [-0.39, 0.29) is 24.3 Å². The minimum atomic E-state index is -0.762. The molecule has 0 aromatic carbocycles. The summed E-state index contributed by atoms with van der Waals surface area (Å²) in [6.45, 7) is 4.67. The minimum absolute atomic E-state index is 0.0364. The van der Waals surface area contributed by atoms with Gasteiger partial charge in [0.05, 0.1) is 19.1 Å². The molecule has 2 unspecified atom stereocenters. The number of hydrogen-bond donors (Lipinski definition) is 3. The molecule has 1 aliphatic heterocycles. The Hall–Kier alpha value is -1.14. The van der Waals surface area contributed by atoms with Crippen LogP contribution < -0.4 is 10.6 Å². The fourth-order valence-corrected chi connectivity index (χ4v) is 2.26. The van der Waals surface area contributed by atoms with E-state index in [0.717, 1.165) is 25.8 Å². The highest BCUT2D eigenvalue weighted by Gasteiger charge is 2.33. The van der Waals surface area contributed by atoms with Gasteiger partial charge in [-0.05, 0) is 25.8 Å². The van der Waals surface area contributed by atoms with E-state index in [1.54, 1.807) is 0 Å². The number of carbonyl (C=O) groups is 2. The van der Waals surface area contributed by atoms with Crippen molar-refractivity contribution >= 4 is 11.9 Å². The number of rotatable bonds is 10. The molecule has 1 rings (SSSR count). The Morgan fingerprint density at radius 1 is 1.20 bits per heavy atom. The third kappa shape index (κ3) is 6.34. The van der Waals surface area contributed by atoms with Crippen LogP contribution in [0.25, 0.3) is 0 Å². The monoisotopic (exact) mass is 286 g/mol. The molecule has 6 nitrogen and oxygen atoms in total. The highest BCUT2D eigenvalue weighted by molar-refractivity contribution is 5.79. The molecular formula is C14H26N2O4. The zero-order valence-corrected chi connectivity index (χ0v) is 12.2. The molecule has 0 aromatic rings. The molecule has 6 heteroatoms. The number of carbonyl (C=O) groups excluding carboxylic acids is 1. The number of carboxylic acid groups (broad SMARTS) is 1. The maximum atomic E-state index is 12.0. The van der Waals surface area contributed by atoms with Crippen LogP contribution in [0.5, 0.6) is 0 Å². The van der Waals surface area contributed by atoms with Crippen molar-refractivity contribution in [1.29, 1.82) is 0 Å². The lowest BCUT2D eigenvalue weighted by atomic mass is 10.0. The topological polar surface area (TPSA) is 87.7 Å². The Bertz CT molecular complexity index is 310. The number of aliphatic carboxylic acids is 1. The molecule has 0 aliphatic carbocycles. The maximum Gasteiger partial charge on any atom is 0.303 e. The third-order valence-corrected chi connectivity index (χ3v) is 3.44. The van der Waals surface area contributed by atoms with Crippen LogP contribution in [0.3, 0.4) is 0 Å². The molecule has 0 aromatic heterocycles. The first kappa shape index (κ1) is 16.9. The highest BCUT2D eigenvalue weighted by atomic mass is 16.5. The summed E-state index contributed by atoms with van der Waals surface area (Å²) in [5.41, 5.74) is 0. The van der Waals surface area contributed by atoms with Crippen LogP contribution in [-0.4, -0.2) is 49.3 Å². The molecule has 0 spiro atoms. The molecule has 3 N–H and O–H groups in total. The molecule has 2 atom stereocenters. The summed E-state index contributed by atoms with van der Waals surface area (Å²) in [6.07, 6.45) is 3.55. The molecular weight excluding hydrogens is 260 g/mol. The third-order valence-electron chi connectivity index (χ3n) is 3.44. The van der Waals surface area contributed by atoms with Crippen molar-refractivity contribution in [2.75, 3.05) is 26.3 Å². The predicted molar refractivity (Wildman–Crippen MR) is 75.5 cm³/mol. The molecule has 20 heavy (non-hydrogen) atoms. The van der Waals surface area contributed by atoms with E-state index >= 15 is 0 Å². The fourth-order valence-electron chi connectivity index (χ4n) is 2.26. The van der Waals surface area contributed by atoms with Crippen molar-refractivity contribution in [2.45, 2.75) is 45.1 Å². The zero-order chi connectivity index (χ0) is 14.8. The first-order chi connectivity index (χ1) is 9.65. The standard InChI is InChI=1S/C14H26N2O4/c1-2-7-15-12-10-20-9-11(12)14(19)16-8-5-3-4-6-13(17)18/h11-12,15H,2-10H2,1H3,(H,16,19)(H,17,18). The van der Waals surface area contributed by atoms with Crippen LogP contribution in [-0.2, 0) is 14.3 Å². The van der Waals surface area contributed by atoms with E-state index < -0.39 is 5.97 Å². The van der Waals surface area contributed by atoms with Crippen molar-refractivity contribution in [3.8, 4) is 0 Å². The second-order valence-electron chi connectivity index (χ2n) is 5.20. The number of carboxylic acids is 1. The first-order valence-electron chi connectivity index (χ1n) is 7.45. The van der Waals surface area contributed by atoms with Crippen LogP contribution in [0.4, 0.5) is 0 Å². The summed E-state index contributed by atoms with van der Waals surface area (Å²) < 4.78 is 5.37. The molecule has 1 fully saturated rings. The van der Waals surface area contributed by atoms with Gasteiger partial charge in [0.15, 0.2) is 0 Å². The molecule has 1 amide bonds. The Morgan fingerprint density at radius 3 is 2.70 bits per heavy atom.